The van der Waals surface area contributed by atoms with Crippen LogP contribution in [0.2, 0.25) is 0 Å². The van der Waals surface area contributed by atoms with Gasteiger partial charge < -0.3 is 5.32 Å². The van der Waals surface area contributed by atoms with E-state index >= 15 is 0 Å². The molecule has 1 aromatic rings. The molecule has 4 heteroatoms. The molecular weight excluding hydrogens is 282 g/mol. The highest BCUT2D eigenvalue weighted by Gasteiger charge is 2.25. The highest BCUT2D eigenvalue weighted by Crippen LogP contribution is 2.32. The molecule has 1 aromatic carbocycles. The van der Waals surface area contributed by atoms with Crippen molar-refractivity contribution in [3.63, 3.8) is 0 Å². The molecule has 0 radical (unpaired) electrons. The largest absolute Gasteiger partial charge is 0.381 e. The zero-order valence-corrected chi connectivity index (χ0v) is 14.1. The fraction of sp³-hybridized carbons (Fsp3) is 0.647. The standard InChI is InChI=1S/C17H27NO2S/c1-4-9-21(19,20)17-8-6-5-7-16(17)18-15-11-13(2)10-14(3)12-15/h5-8,13-15,18H,4,9-12H2,1-3H3. The molecular formula is C17H27NO2S. The Morgan fingerprint density at radius 3 is 2.33 bits per heavy atom. The molecule has 2 rings (SSSR count). The van der Waals surface area contributed by atoms with Crippen LogP contribution in [0.4, 0.5) is 5.69 Å². The van der Waals surface area contributed by atoms with Crippen molar-refractivity contribution >= 4 is 15.5 Å². The molecule has 2 atom stereocenters. The predicted molar refractivity (Wildman–Crippen MR) is 88.4 cm³/mol. The first-order valence-electron chi connectivity index (χ1n) is 8.00. The summed E-state index contributed by atoms with van der Waals surface area (Å²) >= 11 is 0. The van der Waals surface area contributed by atoms with Crippen molar-refractivity contribution in [2.75, 3.05) is 11.1 Å². The van der Waals surface area contributed by atoms with Gasteiger partial charge in [0.1, 0.15) is 0 Å². The maximum absolute atomic E-state index is 12.4. The van der Waals surface area contributed by atoms with E-state index in [1.165, 1.54) is 6.42 Å². The summed E-state index contributed by atoms with van der Waals surface area (Å²) in [6, 6.07) is 7.71. The highest BCUT2D eigenvalue weighted by molar-refractivity contribution is 7.91. The van der Waals surface area contributed by atoms with Crippen LogP contribution in [0.5, 0.6) is 0 Å². The molecule has 118 valence electrons. The molecule has 0 amide bonds. The first kappa shape index (κ1) is 16.3. The zero-order chi connectivity index (χ0) is 15.5. The number of para-hydroxylation sites is 1. The maximum Gasteiger partial charge on any atom is 0.180 e. The Bertz CT molecular complexity index is 558. The Labute approximate surface area is 129 Å². The Kier molecular flexibility index (Phi) is 5.31. The van der Waals surface area contributed by atoms with Gasteiger partial charge in [0.05, 0.1) is 16.3 Å². The van der Waals surface area contributed by atoms with Crippen LogP contribution in [0.3, 0.4) is 0 Å². The molecule has 1 aliphatic carbocycles. The molecule has 0 aromatic heterocycles. The van der Waals surface area contributed by atoms with Gasteiger partial charge in [-0.3, -0.25) is 0 Å². The van der Waals surface area contributed by atoms with Crippen LogP contribution in [0.15, 0.2) is 29.2 Å². The molecule has 0 bridgehead atoms. The second-order valence-electron chi connectivity index (χ2n) is 6.57. The summed E-state index contributed by atoms with van der Waals surface area (Å²) < 4.78 is 24.8. The van der Waals surface area contributed by atoms with Gasteiger partial charge in [0.25, 0.3) is 0 Å². The van der Waals surface area contributed by atoms with Crippen LogP contribution in [-0.4, -0.2) is 20.2 Å². The van der Waals surface area contributed by atoms with Gasteiger partial charge in [-0.05, 0) is 49.7 Å². The van der Waals surface area contributed by atoms with Gasteiger partial charge in [0.2, 0.25) is 0 Å². The quantitative estimate of drug-likeness (QED) is 0.890. The van der Waals surface area contributed by atoms with Crippen LogP contribution in [0, 0.1) is 11.8 Å². The number of rotatable bonds is 5. The van der Waals surface area contributed by atoms with Crippen LogP contribution in [-0.2, 0) is 9.84 Å². The van der Waals surface area contributed by atoms with Crippen LogP contribution < -0.4 is 5.32 Å². The van der Waals surface area contributed by atoms with Crippen molar-refractivity contribution in [2.24, 2.45) is 11.8 Å². The maximum atomic E-state index is 12.4. The van der Waals surface area contributed by atoms with E-state index in [0.717, 1.165) is 18.5 Å². The fourth-order valence-electron chi connectivity index (χ4n) is 3.52. The van der Waals surface area contributed by atoms with E-state index in [1.807, 2.05) is 19.1 Å². The average molecular weight is 309 g/mol. The third-order valence-electron chi connectivity index (χ3n) is 4.23. The molecule has 0 saturated heterocycles. The smallest absolute Gasteiger partial charge is 0.180 e. The van der Waals surface area contributed by atoms with Crippen molar-refractivity contribution in [3.8, 4) is 0 Å². The van der Waals surface area contributed by atoms with Gasteiger partial charge in [-0.2, -0.15) is 0 Å². The normalized spacial score (nSPS) is 26.5. The van der Waals surface area contributed by atoms with Crippen molar-refractivity contribution in [1.82, 2.24) is 0 Å². The molecule has 2 unspecified atom stereocenters. The molecule has 0 spiro atoms. The first-order chi connectivity index (χ1) is 9.92. The Morgan fingerprint density at radius 1 is 1.10 bits per heavy atom. The summed E-state index contributed by atoms with van der Waals surface area (Å²) in [6.45, 7) is 6.46. The number of benzene rings is 1. The predicted octanol–water partition coefficient (Wildman–Crippen LogP) is 4.11. The van der Waals surface area contributed by atoms with Crippen molar-refractivity contribution in [2.45, 2.75) is 57.4 Å². The van der Waals surface area contributed by atoms with Gasteiger partial charge in [0, 0.05) is 6.04 Å². The molecule has 1 aliphatic rings. The Morgan fingerprint density at radius 2 is 1.71 bits per heavy atom. The third-order valence-corrected chi connectivity index (χ3v) is 6.20. The summed E-state index contributed by atoms with van der Waals surface area (Å²) in [6.07, 6.45) is 4.15. The second-order valence-corrected chi connectivity index (χ2v) is 8.65. The average Bonchev–Trinajstić information content (AvgIpc) is 2.37. The Balaban J connectivity index is 2.21. The summed E-state index contributed by atoms with van der Waals surface area (Å²) in [4.78, 5) is 0.456. The molecule has 0 heterocycles. The molecule has 1 fully saturated rings. The van der Waals surface area contributed by atoms with Gasteiger partial charge in [-0.1, -0.05) is 32.9 Å². The molecule has 1 saturated carbocycles. The van der Waals surface area contributed by atoms with E-state index in [-0.39, 0.29) is 5.75 Å². The lowest BCUT2D eigenvalue weighted by molar-refractivity contribution is 0.280. The van der Waals surface area contributed by atoms with E-state index < -0.39 is 9.84 Å². The van der Waals surface area contributed by atoms with Gasteiger partial charge in [0.15, 0.2) is 9.84 Å². The SMILES string of the molecule is CCCS(=O)(=O)c1ccccc1NC1CC(C)CC(C)C1. The number of hydrogen-bond donors (Lipinski definition) is 1. The molecule has 3 nitrogen and oxygen atoms in total. The summed E-state index contributed by atoms with van der Waals surface area (Å²) in [5.74, 6) is 1.61. The van der Waals surface area contributed by atoms with E-state index in [4.69, 9.17) is 0 Å². The van der Waals surface area contributed by atoms with E-state index in [2.05, 4.69) is 19.2 Å². The van der Waals surface area contributed by atoms with Gasteiger partial charge >= 0.3 is 0 Å². The lowest BCUT2D eigenvalue weighted by atomic mass is 9.80. The van der Waals surface area contributed by atoms with Gasteiger partial charge in [-0.25, -0.2) is 8.42 Å². The van der Waals surface area contributed by atoms with Crippen LogP contribution >= 0.6 is 0 Å². The number of sulfone groups is 1. The fourth-order valence-corrected chi connectivity index (χ4v) is 5.03. The zero-order valence-electron chi connectivity index (χ0n) is 13.3. The third kappa shape index (κ3) is 4.22. The minimum Gasteiger partial charge on any atom is -0.381 e. The number of hydrogen-bond acceptors (Lipinski definition) is 3. The lowest BCUT2D eigenvalue weighted by Crippen LogP contribution is -2.30. The second kappa shape index (κ2) is 6.82. The number of anilines is 1. The van der Waals surface area contributed by atoms with E-state index in [0.29, 0.717) is 29.2 Å². The highest BCUT2D eigenvalue weighted by atomic mass is 32.2. The molecule has 1 N–H and O–H groups in total. The first-order valence-corrected chi connectivity index (χ1v) is 9.66. The van der Waals surface area contributed by atoms with Crippen molar-refractivity contribution in [1.29, 1.82) is 0 Å². The molecule has 21 heavy (non-hydrogen) atoms. The number of nitrogens with one attached hydrogen (secondary N) is 1. The van der Waals surface area contributed by atoms with Crippen LogP contribution in [0.1, 0.15) is 46.5 Å². The van der Waals surface area contributed by atoms with Crippen molar-refractivity contribution < 1.29 is 8.42 Å². The van der Waals surface area contributed by atoms with E-state index in [1.54, 1.807) is 12.1 Å². The summed E-state index contributed by atoms with van der Waals surface area (Å²) in [7, 11) is -3.18. The van der Waals surface area contributed by atoms with Crippen molar-refractivity contribution in [3.05, 3.63) is 24.3 Å². The van der Waals surface area contributed by atoms with Gasteiger partial charge in [-0.15, -0.1) is 0 Å². The monoisotopic (exact) mass is 309 g/mol. The summed E-state index contributed by atoms with van der Waals surface area (Å²) in [5.41, 5.74) is 0.775. The minimum atomic E-state index is -3.18. The topological polar surface area (TPSA) is 46.2 Å². The Hall–Kier alpha value is -1.03. The van der Waals surface area contributed by atoms with Crippen LogP contribution in [0.25, 0.3) is 0 Å². The minimum absolute atomic E-state index is 0.211. The lowest BCUT2D eigenvalue weighted by Gasteiger charge is -2.33. The van der Waals surface area contributed by atoms with E-state index in [9.17, 15) is 8.42 Å². The molecule has 0 aliphatic heterocycles. The summed E-state index contributed by atoms with van der Waals surface area (Å²) in [5, 5.41) is 3.50.